The van der Waals surface area contributed by atoms with Gasteiger partial charge in [-0.25, -0.2) is 0 Å². The number of aryl methyl sites for hydroxylation is 1. The highest BCUT2D eigenvalue weighted by Gasteiger charge is 2.08. The molecular weight excluding hydrogens is 192 g/mol. The fourth-order valence-electron chi connectivity index (χ4n) is 1.48. The molecule has 1 heterocycles. The van der Waals surface area contributed by atoms with Crippen molar-refractivity contribution in [3.63, 3.8) is 0 Å². The smallest absolute Gasteiger partial charge is 0.0716 e. The average Bonchev–Trinajstić information content (AvgIpc) is 2.46. The van der Waals surface area contributed by atoms with Gasteiger partial charge in [-0.15, -0.1) is 11.3 Å². The van der Waals surface area contributed by atoms with E-state index in [0.717, 1.165) is 16.0 Å². The van der Waals surface area contributed by atoms with Crippen LogP contribution >= 0.6 is 11.3 Å². The fourth-order valence-corrected chi connectivity index (χ4v) is 2.52. The lowest BCUT2D eigenvalue weighted by Crippen LogP contribution is -1.87. The predicted molar refractivity (Wildman–Crippen MR) is 60.3 cm³/mol. The van der Waals surface area contributed by atoms with E-state index in [-0.39, 0.29) is 0 Å². The Morgan fingerprint density at radius 2 is 2.29 bits per heavy atom. The fraction of sp³-hybridized carbons (Fsp3) is 0.182. The van der Waals surface area contributed by atoms with Gasteiger partial charge < -0.3 is 5.73 Å². The number of anilines is 1. The van der Waals surface area contributed by atoms with E-state index in [2.05, 4.69) is 24.3 Å². The first-order valence-electron chi connectivity index (χ1n) is 4.37. The average molecular weight is 202 g/mol. The van der Waals surface area contributed by atoms with Gasteiger partial charge in [0.05, 0.1) is 18.2 Å². The summed E-state index contributed by atoms with van der Waals surface area (Å²) in [6.07, 6.45) is 0.407. The minimum Gasteiger partial charge on any atom is -0.397 e. The monoisotopic (exact) mass is 202 g/mol. The molecule has 0 bridgehead atoms. The van der Waals surface area contributed by atoms with Crippen LogP contribution in [0.1, 0.15) is 10.4 Å². The molecule has 0 radical (unpaired) electrons. The molecule has 0 saturated carbocycles. The van der Waals surface area contributed by atoms with Crippen LogP contribution in [0.5, 0.6) is 0 Å². The second-order valence-corrected chi connectivity index (χ2v) is 4.41. The molecule has 0 spiro atoms. The molecule has 0 aliphatic carbocycles. The maximum absolute atomic E-state index is 8.62. The molecule has 1 aromatic carbocycles. The molecule has 2 rings (SSSR count). The van der Waals surface area contributed by atoms with Crippen LogP contribution in [-0.4, -0.2) is 0 Å². The van der Waals surface area contributed by atoms with Crippen LogP contribution in [0.4, 0.5) is 5.69 Å². The van der Waals surface area contributed by atoms with Gasteiger partial charge in [-0.1, -0.05) is 11.6 Å². The minimum atomic E-state index is 0.407. The highest BCUT2D eigenvalue weighted by Crippen LogP contribution is 2.34. The van der Waals surface area contributed by atoms with Gasteiger partial charge in [0.1, 0.15) is 0 Å². The first-order valence-corrected chi connectivity index (χ1v) is 5.18. The van der Waals surface area contributed by atoms with E-state index < -0.39 is 0 Å². The van der Waals surface area contributed by atoms with Crippen molar-refractivity contribution < 1.29 is 0 Å². The van der Waals surface area contributed by atoms with Gasteiger partial charge >= 0.3 is 0 Å². The van der Waals surface area contributed by atoms with E-state index in [1.807, 2.05) is 6.92 Å². The predicted octanol–water partition coefficient (Wildman–Crippen LogP) is 2.86. The van der Waals surface area contributed by atoms with Crippen molar-refractivity contribution in [1.29, 1.82) is 5.26 Å². The Balaban J connectivity index is 2.69. The Kier molecular flexibility index (Phi) is 2.14. The van der Waals surface area contributed by atoms with Crippen molar-refractivity contribution in [1.82, 2.24) is 0 Å². The topological polar surface area (TPSA) is 49.8 Å². The molecule has 0 atom stereocenters. The van der Waals surface area contributed by atoms with E-state index in [9.17, 15) is 0 Å². The lowest BCUT2D eigenvalue weighted by Gasteiger charge is -1.94. The standard InChI is InChI=1S/C11H10N2S/c1-7-2-3-9-8(6-7)11(13)10(14-9)4-5-12/h2-3,6H,4,13H2,1H3. The third-order valence-corrected chi connectivity index (χ3v) is 3.38. The lowest BCUT2D eigenvalue weighted by atomic mass is 10.1. The zero-order valence-corrected chi connectivity index (χ0v) is 8.69. The molecule has 3 heteroatoms. The van der Waals surface area contributed by atoms with Crippen molar-refractivity contribution >= 4 is 27.1 Å². The van der Waals surface area contributed by atoms with Gasteiger partial charge in [-0.2, -0.15) is 5.26 Å². The van der Waals surface area contributed by atoms with E-state index >= 15 is 0 Å². The highest BCUT2D eigenvalue weighted by molar-refractivity contribution is 7.19. The SMILES string of the molecule is Cc1ccc2sc(CC#N)c(N)c2c1. The van der Waals surface area contributed by atoms with Crippen LogP contribution in [0.3, 0.4) is 0 Å². The Hall–Kier alpha value is -1.53. The lowest BCUT2D eigenvalue weighted by molar-refractivity contribution is 1.32. The number of thiophene rings is 1. The summed E-state index contributed by atoms with van der Waals surface area (Å²) < 4.78 is 1.17. The van der Waals surface area contributed by atoms with Gasteiger partial charge in [0.2, 0.25) is 0 Å². The molecule has 2 N–H and O–H groups in total. The van der Waals surface area contributed by atoms with Crippen molar-refractivity contribution in [2.75, 3.05) is 5.73 Å². The third kappa shape index (κ3) is 1.34. The van der Waals surface area contributed by atoms with E-state index in [1.165, 1.54) is 10.3 Å². The molecule has 0 fully saturated rings. The number of hydrogen-bond acceptors (Lipinski definition) is 3. The molecule has 0 unspecified atom stereocenters. The number of hydrogen-bond donors (Lipinski definition) is 1. The zero-order chi connectivity index (χ0) is 10.1. The molecule has 0 aliphatic rings. The molecule has 0 aliphatic heterocycles. The molecular formula is C11H10N2S. The highest BCUT2D eigenvalue weighted by atomic mass is 32.1. The number of benzene rings is 1. The third-order valence-electron chi connectivity index (χ3n) is 2.20. The number of nitrogens with two attached hydrogens (primary N) is 1. The largest absolute Gasteiger partial charge is 0.397 e. The zero-order valence-electron chi connectivity index (χ0n) is 7.87. The summed E-state index contributed by atoms with van der Waals surface area (Å²) in [5.74, 6) is 0. The van der Waals surface area contributed by atoms with Crippen LogP contribution in [0.15, 0.2) is 18.2 Å². The Bertz CT molecular complexity index is 520. The number of nitrogens with zero attached hydrogens (tertiary/aromatic N) is 1. The summed E-state index contributed by atoms with van der Waals surface area (Å²) in [5.41, 5.74) is 7.93. The summed E-state index contributed by atoms with van der Waals surface area (Å²) in [7, 11) is 0. The van der Waals surface area contributed by atoms with Crippen molar-refractivity contribution in [3.8, 4) is 6.07 Å². The number of rotatable bonds is 1. The Labute approximate surface area is 86.6 Å². The van der Waals surface area contributed by atoms with Crippen molar-refractivity contribution in [2.45, 2.75) is 13.3 Å². The number of fused-ring (bicyclic) bond motifs is 1. The minimum absolute atomic E-state index is 0.407. The summed E-state index contributed by atoms with van der Waals surface area (Å²) in [5, 5.41) is 9.71. The molecule has 2 aromatic rings. The maximum atomic E-state index is 8.62. The van der Waals surface area contributed by atoms with Gasteiger partial charge in [-0.3, -0.25) is 0 Å². The molecule has 0 amide bonds. The van der Waals surface area contributed by atoms with Crippen molar-refractivity contribution in [3.05, 3.63) is 28.6 Å². The molecule has 14 heavy (non-hydrogen) atoms. The molecule has 2 nitrogen and oxygen atoms in total. The maximum Gasteiger partial charge on any atom is 0.0716 e. The van der Waals surface area contributed by atoms with Crippen LogP contribution in [0, 0.1) is 18.3 Å². The van der Waals surface area contributed by atoms with Crippen LogP contribution in [0.25, 0.3) is 10.1 Å². The number of nitrogen functional groups attached to an aromatic ring is 1. The van der Waals surface area contributed by atoms with Gasteiger partial charge in [-0.05, 0) is 19.1 Å². The van der Waals surface area contributed by atoms with Crippen molar-refractivity contribution in [2.24, 2.45) is 0 Å². The quantitative estimate of drug-likeness (QED) is 0.773. The Morgan fingerprint density at radius 1 is 1.50 bits per heavy atom. The van der Waals surface area contributed by atoms with Crippen LogP contribution < -0.4 is 5.73 Å². The molecule has 1 aromatic heterocycles. The second kappa shape index (κ2) is 3.32. The number of nitriles is 1. The Morgan fingerprint density at radius 3 is 3.00 bits per heavy atom. The second-order valence-electron chi connectivity index (χ2n) is 3.27. The summed E-state index contributed by atoms with van der Waals surface area (Å²) in [4.78, 5) is 0.980. The van der Waals surface area contributed by atoms with Gasteiger partial charge in [0, 0.05) is 15.0 Å². The first kappa shape index (κ1) is 9.04. The summed E-state index contributed by atoms with van der Waals surface area (Å²) in [6, 6.07) is 8.33. The normalized spacial score (nSPS) is 10.3. The van der Waals surface area contributed by atoms with Gasteiger partial charge in [0.15, 0.2) is 0 Å². The van der Waals surface area contributed by atoms with E-state index in [1.54, 1.807) is 11.3 Å². The van der Waals surface area contributed by atoms with E-state index in [4.69, 9.17) is 11.0 Å². The summed E-state index contributed by atoms with van der Waals surface area (Å²) in [6.45, 7) is 2.04. The molecule has 0 saturated heterocycles. The van der Waals surface area contributed by atoms with E-state index in [0.29, 0.717) is 6.42 Å². The first-order chi connectivity index (χ1) is 6.72. The van der Waals surface area contributed by atoms with Crippen LogP contribution in [-0.2, 0) is 6.42 Å². The van der Waals surface area contributed by atoms with Gasteiger partial charge in [0.25, 0.3) is 0 Å². The molecule has 70 valence electrons. The van der Waals surface area contributed by atoms with Crippen LogP contribution in [0.2, 0.25) is 0 Å². The summed E-state index contributed by atoms with van der Waals surface area (Å²) >= 11 is 1.61.